The van der Waals surface area contributed by atoms with Crippen molar-refractivity contribution in [3.8, 4) is 0 Å². The van der Waals surface area contributed by atoms with E-state index in [9.17, 15) is 10.1 Å². The van der Waals surface area contributed by atoms with E-state index in [1.165, 1.54) is 12.1 Å². The lowest BCUT2D eigenvalue weighted by Gasteiger charge is -2.09. The van der Waals surface area contributed by atoms with Crippen molar-refractivity contribution in [3.63, 3.8) is 0 Å². The number of hydrogen-bond donors (Lipinski definition) is 2. The van der Waals surface area contributed by atoms with Gasteiger partial charge in [-0.05, 0) is 17.7 Å². The van der Waals surface area contributed by atoms with Crippen molar-refractivity contribution in [1.82, 2.24) is 10.3 Å². The fourth-order valence-electron chi connectivity index (χ4n) is 1.78. The maximum absolute atomic E-state index is 10.6. The molecule has 0 unspecified atom stereocenters. The molecule has 7 heteroatoms. The molecule has 0 spiro atoms. The Labute approximate surface area is 127 Å². The van der Waals surface area contributed by atoms with Crippen molar-refractivity contribution in [3.05, 3.63) is 63.4 Å². The van der Waals surface area contributed by atoms with E-state index in [2.05, 4.69) is 15.6 Å². The van der Waals surface area contributed by atoms with Crippen LogP contribution in [0.5, 0.6) is 0 Å². The number of nitro groups is 1. The second kappa shape index (κ2) is 7.56. The molecule has 2 aromatic rings. The molecule has 2 rings (SSSR count). The predicted molar refractivity (Wildman–Crippen MR) is 82.5 cm³/mol. The first-order valence-corrected chi connectivity index (χ1v) is 6.82. The van der Waals surface area contributed by atoms with E-state index in [0.717, 1.165) is 18.7 Å². The van der Waals surface area contributed by atoms with Crippen LogP contribution in [0.25, 0.3) is 0 Å². The summed E-state index contributed by atoms with van der Waals surface area (Å²) in [6, 6.07) is 8.28. The van der Waals surface area contributed by atoms with E-state index in [1.54, 1.807) is 12.3 Å². The standard InChI is InChI=1S/C14H15ClN4O2/c15-13-8-12(19(20)21)3-4-14(13)18-7-6-17-10-11-2-1-5-16-9-11/h1-5,8-9,17-18H,6-7,10H2. The predicted octanol–water partition coefficient (Wildman–Crippen LogP) is 2.84. The molecule has 2 N–H and O–H groups in total. The molecule has 1 aromatic carbocycles. The van der Waals surface area contributed by atoms with E-state index >= 15 is 0 Å². The number of nitro benzene ring substituents is 1. The van der Waals surface area contributed by atoms with Crippen molar-refractivity contribution in [2.75, 3.05) is 18.4 Å². The Balaban J connectivity index is 1.75. The van der Waals surface area contributed by atoms with E-state index in [4.69, 9.17) is 11.6 Å². The highest BCUT2D eigenvalue weighted by Gasteiger charge is 2.08. The Hall–Kier alpha value is -2.18. The molecule has 0 fully saturated rings. The summed E-state index contributed by atoms with van der Waals surface area (Å²) in [6.07, 6.45) is 3.55. The van der Waals surface area contributed by atoms with Crippen LogP contribution in [-0.4, -0.2) is 23.0 Å². The smallest absolute Gasteiger partial charge is 0.271 e. The van der Waals surface area contributed by atoms with Crippen LogP contribution in [0, 0.1) is 10.1 Å². The Kier molecular flexibility index (Phi) is 5.48. The minimum absolute atomic E-state index is 0.0137. The van der Waals surface area contributed by atoms with Crippen LogP contribution in [0.2, 0.25) is 5.02 Å². The average molecular weight is 307 g/mol. The summed E-state index contributed by atoms with van der Waals surface area (Å²) < 4.78 is 0. The largest absolute Gasteiger partial charge is 0.383 e. The molecule has 0 aliphatic heterocycles. The van der Waals surface area contributed by atoms with Gasteiger partial charge in [0.05, 0.1) is 15.6 Å². The summed E-state index contributed by atoms with van der Waals surface area (Å²) in [6.45, 7) is 2.14. The molecule has 0 saturated carbocycles. The van der Waals surface area contributed by atoms with Crippen LogP contribution in [0.15, 0.2) is 42.7 Å². The van der Waals surface area contributed by atoms with E-state index in [1.807, 2.05) is 18.3 Å². The molecule has 21 heavy (non-hydrogen) atoms. The third-order valence-corrected chi connectivity index (χ3v) is 3.15. The number of halogens is 1. The van der Waals surface area contributed by atoms with Gasteiger partial charge >= 0.3 is 0 Å². The summed E-state index contributed by atoms with van der Waals surface area (Å²) in [5, 5.41) is 17.4. The normalized spacial score (nSPS) is 10.3. The van der Waals surface area contributed by atoms with Crippen LogP contribution in [0.1, 0.15) is 5.56 Å². The average Bonchev–Trinajstić information content (AvgIpc) is 2.49. The van der Waals surface area contributed by atoms with Gasteiger partial charge in [0.1, 0.15) is 0 Å². The number of aromatic nitrogens is 1. The number of pyridine rings is 1. The molecule has 110 valence electrons. The van der Waals surface area contributed by atoms with Crippen molar-refractivity contribution in [2.45, 2.75) is 6.54 Å². The van der Waals surface area contributed by atoms with E-state index < -0.39 is 4.92 Å². The summed E-state index contributed by atoms with van der Waals surface area (Å²) in [4.78, 5) is 14.2. The lowest BCUT2D eigenvalue weighted by Crippen LogP contribution is -2.21. The maximum atomic E-state index is 10.6. The first-order chi connectivity index (χ1) is 10.2. The van der Waals surface area contributed by atoms with Crippen molar-refractivity contribution >= 4 is 23.0 Å². The van der Waals surface area contributed by atoms with Crippen LogP contribution in [0.3, 0.4) is 0 Å². The van der Waals surface area contributed by atoms with Crippen LogP contribution in [-0.2, 0) is 6.54 Å². The lowest BCUT2D eigenvalue weighted by atomic mass is 10.3. The Morgan fingerprint density at radius 3 is 2.81 bits per heavy atom. The third-order valence-electron chi connectivity index (χ3n) is 2.83. The zero-order chi connectivity index (χ0) is 15.1. The van der Waals surface area contributed by atoms with Crippen LogP contribution in [0.4, 0.5) is 11.4 Å². The molecule has 0 bridgehead atoms. The Morgan fingerprint density at radius 1 is 1.29 bits per heavy atom. The fraction of sp³-hybridized carbons (Fsp3) is 0.214. The Bertz CT molecular complexity index is 607. The van der Waals surface area contributed by atoms with E-state index in [0.29, 0.717) is 17.3 Å². The van der Waals surface area contributed by atoms with Gasteiger partial charge in [-0.3, -0.25) is 15.1 Å². The molecule has 1 aromatic heterocycles. The fourth-order valence-corrected chi connectivity index (χ4v) is 2.02. The molecule has 0 atom stereocenters. The number of rotatable bonds is 7. The highest BCUT2D eigenvalue weighted by molar-refractivity contribution is 6.33. The van der Waals surface area contributed by atoms with Gasteiger partial charge in [-0.1, -0.05) is 17.7 Å². The van der Waals surface area contributed by atoms with E-state index in [-0.39, 0.29) is 5.69 Å². The number of nitrogens with one attached hydrogen (secondary N) is 2. The van der Waals surface area contributed by atoms with Crippen LogP contribution >= 0.6 is 11.6 Å². The van der Waals surface area contributed by atoms with Crippen molar-refractivity contribution in [1.29, 1.82) is 0 Å². The quantitative estimate of drug-likeness (QED) is 0.467. The van der Waals surface area contributed by atoms with Gasteiger partial charge < -0.3 is 10.6 Å². The second-order valence-electron chi connectivity index (χ2n) is 4.39. The van der Waals surface area contributed by atoms with Gasteiger partial charge in [-0.25, -0.2) is 0 Å². The third kappa shape index (κ3) is 4.70. The highest BCUT2D eigenvalue weighted by atomic mass is 35.5. The minimum Gasteiger partial charge on any atom is -0.383 e. The molecule has 0 aliphatic rings. The van der Waals surface area contributed by atoms with Gasteiger partial charge in [0, 0.05) is 44.2 Å². The molecule has 0 aliphatic carbocycles. The lowest BCUT2D eigenvalue weighted by molar-refractivity contribution is -0.384. The van der Waals surface area contributed by atoms with Gasteiger partial charge in [0.2, 0.25) is 0 Å². The zero-order valence-corrected chi connectivity index (χ0v) is 12.0. The topological polar surface area (TPSA) is 80.1 Å². The summed E-state index contributed by atoms with van der Waals surface area (Å²) in [5.74, 6) is 0. The van der Waals surface area contributed by atoms with Crippen molar-refractivity contribution < 1.29 is 4.92 Å². The molecule has 0 radical (unpaired) electrons. The number of hydrogen-bond acceptors (Lipinski definition) is 5. The molecule has 6 nitrogen and oxygen atoms in total. The zero-order valence-electron chi connectivity index (χ0n) is 11.3. The summed E-state index contributed by atoms with van der Waals surface area (Å²) in [7, 11) is 0. The summed E-state index contributed by atoms with van der Waals surface area (Å²) in [5.41, 5.74) is 1.79. The summed E-state index contributed by atoms with van der Waals surface area (Å²) >= 11 is 5.99. The SMILES string of the molecule is O=[N+]([O-])c1ccc(NCCNCc2cccnc2)c(Cl)c1. The molecule has 0 amide bonds. The van der Waals surface area contributed by atoms with Crippen LogP contribution < -0.4 is 10.6 Å². The number of non-ortho nitro benzene ring substituents is 1. The second-order valence-corrected chi connectivity index (χ2v) is 4.79. The van der Waals surface area contributed by atoms with Gasteiger partial charge in [0.15, 0.2) is 0 Å². The number of nitrogens with zero attached hydrogens (tertiary/aromatic N) is 2. The molecular weight excluding hydrogens is 292 g/mol. The number of benzene rings is 1. The number of anilines is 1. The van der Waals surface area contributed by atoms with Crippen molar-refractivity contribution in [2.24, 2.45) is 0 Å². The molecular formula is C14H15ClN4O2. The minimum atomic E-state index is -0.467. The maximum Gasteiger partial charge on any atom is 0.271 e. The van der Waals surface area contributed by atoms with Gasteiger partial charge in [0.25, 0.3) is 5.69 Å². The first-order valence-electron chi connectivity index (χ1n) is 6.44. The molecule has 1 heterocycles. The monoisotopic (exact) mass is 306 g/mol. The highest BCUT2D eigenvalue weighted by Crippen LogP contribution is 2.26. The van der Waals surface area contributed by atoms with Gasteiger partial charge in [-0.15, -0.1) is 0 Å². The molecule has 0 saturated heterocycles. The Morgan fingerprint density at radius 2 is 2.14 bits per heavy atom. The van der Waals surface area contributed by atoms with Gasteiger partial charge in [-0.2, -0.15) is 0 Å². The first kappa shape index (κ1) is 15.2.